The van der Waals surface area contributed by atoms with Crippen molar-refractivity contribution in [3.63, 3.8) is 0 Å². The molecule has 0 aliphatic rings. The van der Waals surface area contributed by atoms with Gasteiger partial charge in [0.25, 0.3) is 0 Å². The first kappa shape index (κ1) is 18.0. The van der Waals surface area contributed by atoms with Crippen molar-refractivity contribution in [1.29, 1.82) is 5.26 Å². The summed E-state index contributed by atoms with van der Waals surface area (Å²) < 4.78 is 5.08. The first-order valence-corrected chi connectivity index (χ1v) is 8.21. The lowest BCUT2D eigenvalue weighted by Crippen LogP contribution is -2.02. The van der Waals surface area contributed by atoms with E-state index in [1.165, 1.54) is 7.11 Å². The van der Waals surface area contributed by atoms with E-state index in [0.717, 1.165) is 16.7 Å². The van der Waals surface area contributed by atoms with Gasteiger partial charge in [-0.25, -0.2) is 9.78 Å². The summed E-state index contributed by atoms with van der Waals surface area (Å²) in [6, 6.07) is 18.2. The van der Waals surface area contributed by atoms with Gasteiger partial charge in [0.15, 0.2) is 0 Å². The number of rotatable bonds is 6. The second-order valence-corrected chi connectivity index (χ2v) is 5.82. The molecule has 0 unspecified atom stereocenters. The molecule has 3 aromatic rings. The van der Waals surface area contributed by atoms with Gasteiger partial charge in [-0.05, 0) is 47.5 Å². The molecule has 0 aliphatic carbocycles. The third-order valence-corrected chi connectivity index (χ3v) is 4.06. The van der Waals surface area contributed by atoms with Crippen LogP contribution in [0.2, 0.25) is 0 Å². The molecular weight excluding hydrogens is 342 g/mol. The minimum Gasteiger partial charge on any atom is -0.496 e. The molecule has 0 radical (unpaired) electrons. The molecule has 0 saturated heterocycles. The molecule has 134 valence electrons. The molecule has 2 aromatic carbocycles. The van der Waals surface area contributed by atoms with Gasteiger partial charge >= 0.3 is 5.97 Å². The molecule has 0 fully saturated rings. The number of carboxylic acid groups (broad SMARTS) is 1. The summed E-state index contributed by atoms with van der Waals surface area (Å²) in [6.07, 6.45) is 1.68. The van der Waals surface area contributed by atoms with Crippen molar-refractivity contribution in [1.82, 2.24) is 4.98 Å². The number of carbonyl (C=O) groups is 1. The minimum atomic E-state index is -1.04. The highest BCUT2D eigenvalue weighted by atomic mass is 16.5. The molecule has 27 heavy (non-hydrogen) atoms. The Balaban J connectivity index is 1.74. The number of ether oxygens (including phenoxy) is 1. The van der Waals surface area contributed by atoms with Crippen molar-refractivity contribution in [2.75, 3.05) is 12.4 Å². The number of nitriles is 1. The lowest BCUT2D eigenvalue weighted by atomic mass is 10.0. The number of pyridine rings is 1. The minimum absolute atomic E-state index is 0.106. The third-order valence-electron chi connectivity index (χ3n) is 4.06. The molecular formula is C21H17N3O3. The zero-order chi connectivity index (χ0) is 19.2. The normalized spacial score (nSPS) is 10.1. The lowest BCUT2D eigenvalue weighted by Gasteiger charge is -2.09. The van der Waals surface area contributed by atoms with Crippen LogP contribution in [0.5, 0.6) is 5.75 Å². The molecule has 0 spiro atoms. The van der Waals surface area contributed by atoms with Crippen molar-refractivity contribution in [2.45, 2.75) is 6.54 Å². The molecule has 3 rings (SSSR count). The van der Waals surface area contributed by atoms with Crippen LogP contribution >= 0.6 is 0 Å². The summed E-state index contributed by atoms with van der Waals surface area (Å²) in [6.45, 7) is 0.549. The number of nitrogens with one attached hydrogen (secondary N) is 1. The van der Waals surface area contributed by atoms with Gasteiger partial charge in [-0.1, -0.05) is 18.2 Å². The smallest absolute Gasteiger partial charge is 0.339 e. The van der Waals surface area contributed by atoms with E-state index in [0.29, 0.717) is 23.7 Å². The number of anilines is 1. The SMILES string of the molecule is COc1ccc(-c2ccc(NCc3cccc(C#N)c3)nc2)cc1C(=O)O. The molecule has 0 atom stereocenters. The molecule has 0 bridgehead atoms. The van der Waals surface area contributed by atoms with Crippen LogP contribution in [0.1, 0.15) is 21.5 Å². The first-order valence-electron chi connectivity index (χ1n) is 8.21. The van der Waals surface area contributed by atoms with Crippen LogP contribution in [-0.4, -0.2) is 23.2 Å². The molecule has 0 saturated carbocycles. The van der Waals surface area contributed by atoms with Crippen LogP contribution in [-0.2, 0) is 6.54 Å². The number of nitrogens with zero attached hydrogens (tertiary/aromatic N) is 2. The van der Waals surface area contributed by atoms with Gasteiger partial charge in [0.1, 0.15) is 17.1 Å². The molecule has 1 heterocycles. The number of aromatic carboxylic acids is 1. The highest BCUT2D eigenvalue weighted by molar-refractivity contribution is 5.92. The Morgan fingerprint density at radius 3 is 2.67 bits per heavy atom. The van der Waals surface area contributed by atoms with Crippen LogP contribution in [0.4, 0.5) is 5.82 Å². The van der Waals surface area contributed by atoms with E-state index in [-0.39, 0.29) is 5.56 Å². The summed E-state index contributed by atoms with van der Waals surface area (Å²) in [4.78, 5) is 15.7. The van der Waals surface area contributed by atoms with Gasteiger partial charge in [-0.2, -0.15) is 5.26 Å². The van der Waals surface area contributed by atoms with Gasteiger partial charge < -0.3 is 15.2 Å². The number of hydrogen-bond acceptors (Lipinski definition) is 5. The average Bonchev–Trinajstić information content (AvgIpc) is 2.72. The third kappa shape index (κ3) is 4.22. The van der Waals surface area contributed by atoms with Crippen LogP contribution in [0.3, 0.4) is 0 Å². The number of aromatic nitrogens is 1. The van der Waals surface area contributed by atoms with Crippen molar-refractivity contribution in [2.24, 2.45) is 0 Å². The molecule has 0 aliphatic heterocycles. The summed E-state index contributed by atoms with van der Waals surface area (Å²) in [7, 11) is 1.44. The maximum atomic E-state index is 11.4. The predicted molar refractivity (Wildman–Crippen MR) is 102 cm³/mol. The fraction of sp³-hybridized carbons (Fsp3) is 0.0952. The van der Waals surface area contributed by atoms with Gasteiger partial charge in [-0.15, -0.1) is 0 Å². The Labute approximate surface area is 156 Å². The number of benzene rings is 2. The van der Waals surface area contributed by atoms with Crippen molar-refractivity contribution in [3.05, 3.63) is 77.5 Å². The number of hydrogen-bond donors (Lipinski definition) is 2. The summed E-state index contributed by atoms with van der Waals surface area (Å²) >= 11 is 0. The van der Waals surface area contributed by atoms with E-state index in [1.54, 1.807) is 30.5 Å². The van der Waals surface area contributed by atoms with Crippen LogP contribution in [0.25, 0.3) is 11.1 Å². The van der Waals surface area contributed by atoms with E-state index in [2.05, 4.69) is 16.4 Å². The Morgan fingerprint density at radius 1 is 1.19 bits per heavy atom. The van der Waals surface area contributed by atoms with E-state index >= 15 is 0 Å². The number of methoxy groups -OCH3 is 1. The largest absolute Gasteiger partial charge is 0.496 e. The summed E-state index contributed by atoms with van der Waals surface area (Å²) in [5, 5.41) is 21.5. The maximum absolute atomic E-state index is 11.4. The van der Waals surface area contributed by atoms with E-state index in [1.807, 2.05) is 30.3 Å². The summed E-state index contributed by atoms with van der Waals surface area (Å²) in [5.41, 5.74) is 3.26. The molecule has 1 aromatic heterocycles. The standard InChI is InChI=1S/C21H17N3O3/c1-27-19-7-5-16(10-18(19)21(25)26)17-6-8-20(24-13-17)23-12-15-4-2-3-14(9-15)11-22/h2-10,13H,12H2,1H3,(H,23,24)(H,25,26). The maximum Gasteiger partial charge on any atom is 0.339 e. The molecule has 6 heteroatoms. The van der Waals surface area contributed by atoms with Crippen molar-refractivity contribution >= 4 is 11.8 Å². The monoisotopic (exact) mass is 359 g/mol. The van der Waals surface area contributed by atoms with Gasteiger partial charge in [0.2, 0.25) is 0 Å². The topological polar surface area (TPSA) is 95.2 Å². The Hall–Kier alpha value is -3.85. The molecule has 2 N–H and O–H groups in total. The van der Waals surface area contributed by atoms with Crippen LogP contribution in [0.15, 0.2) is 60.8 Å². The molecule has 6 nitrogen and oxygen atoms in total. The quantitative estimate of drug-likeness (QED) is 0.692. The Kier molecular flexibility index (Phi) is 5.33. The highest BCUT2D eigenvalue weighted by Crippen LogP contribution is 2.27. The lowest BCUT2D eigenvalue weighted by molar-refractivity contribution is 0.0693. The van der Waals surface area contributed by atoms with Crippen LogP contribution in [0, 0.1) is 11.3 Å². The second kappa shape index (κ2) is 8.02. The predicted octanol–water partition coefficient (Wildman–Crippen LogP) is 3.94. The molecule has 0 amide bonds. The fourth-order valence-electron chi connectivity index (χ4n) is 2.67. The fourth-order valence-corrected chi connectivity index (χ4v) is 2.67. The van der Waals surface area contributed by atoms with E-state index in [9.17, 15) is 9.90 Å². The van der Waals surface area contributed by atoms with E-state index < -0.39 is 5.97 Å². The highest BCUT2D eigenvalue weighted by Gasteiger charge is 2.12. The zero-order valence-electron chi connectivity index (χ0n) is 14.6. The van der Waals surface area contributed by atoms with E-state index in [4.69, 9.17) is 10.00 Å². The van der Waals surface area contributed by atoms with Crippen molar-refractivity contribution < 1.29 is 14.6 Å². The van der Waals surface area contributed by atoms with Crippen LogP contribution < -0.4 is 10.1 Å². The van der Waals surface area contributed by atoms with Gasteiger partial charge in [0.05, 0.1) is 18.7 Å². The second-order valence-electron chi connectivity index (χ2n) is 5.82. The average molecular weight is 359 g/mol. The summed E-state index contributed by atoms with van der Waals surface area (Å²) in [5.74, 6) is -0.0373. The Bertz CT molecular complexity index is 1010. The Morgan fingerprint density at radius 2 is 2.00 bits per heavy atom. The van der Waals surface area contributed by atoms with Gasteiger partial charge in [0, 0.05) is 18.3 Å². The number of carboxylic acids is 1. The zero-order valence-corrected chi connectivity index (χ0v) is 14.6. The van der Waals surface area contributed by atoms with Gasteiger partial charge in [-0.3, -0.25) is 0 Å². The first-order chi connectivity index (χ1) is 13.1. The van der Waals surface area contributed by atoms with Crippen molar-refractivity contribution in [3.8, 4) is 22.9 Å².